The number of benzene rings is 3. The lowest BCUT2D eigenvalue weighted by molar-refractivity contribution is 0.262. The topological polar surface area (TPSA) is 59.0 Å². The predicted octanol–water partition coefficient (Wildman–Crippen LogP) is 5.77. The Balaban J connectivity index is 1.41. The summed E-state index contributed by atoms with van der Waals surface area (Å²) in [5, 5.41) is 5.75. The van der Waals surface area contributed by atoms with E-state index in [1.165, 1.54) is 0 Å². The van der Waals surface area contributed by atoms with Crippen LogP contribution in [-0.4, -0.2) is 15.6 Å². The van der Waals surface area contributed by atoms with Gasteiger partial charge in [0.05, 0.1) is 16.7 Å². The normalized spacial score (nSPS) is 10.8. The first-order valence-electron chi connectivity index (χ1n) is 9.42. The molecule has 0 aliphatic carbocycles. The number of hydrogen-bond donors (Lipinski definition) is 2. The van der Waals surface area contributed by atoms with Crippen LogP contribution in [0.5, 0.6) is 0 Å². The Morgan fingerprint density at radius 1 is 0.966 bits per heavy atom. The smallest absolute Gasteiger partial charge is 0.323 e. The maximum Gasteiger partial charge on any atom is 0.323 e. The highest BCUT2D eigenvalue weighted by Gasteiger charge is 2.09. The van der Waals surface area contributed by atoms with Gasteiger partial charge in [0.25, 0.3) is 0 Å². The number of para-hydroxylation sites is 3. The summed E-state index contributed by atoms with van der Waals surface area (Å²) < 4.78 is 2.98. The summed E-state index contributed by atoms with van der Waals surface area (Å²) in [6.07, 6.45) is 1.68. The molecule has 3 aromatic carbocycles. The Kier molecular flexibility index (Phi) is 5.62. The maximum absolute atomic E-state index is 12.3. The number of amides is 2. The molecule has 146 valence electrons. The molecule has 4 rings (SSSR count). The van der Waals surface area contributed by atoms with Crippen molar-refractivity contribution in [1.82, 2.24) is 9.55 Å². The number of anilines is 2. The molecule has 6 heteroatoms. The molecule has 1 heterocycles. The zero-order valence-corrected chi connectivity index (χ0v) is 17.6. The highest BCUT2D eigenvalue weighted by atomic mass is 79.9. The number of hydrogen-bond acceptors (Lipinski definition) is 2. The number of fused-ring (bicyclic) bond motifs is 1. The number of nitrogens with zero attached hydrogens (tertiary/aromatic N) is 2. The molecule has 0 fully saturated rings. The number of imidazole rings is 1. The van der Waals surface area contributed by atoms with Crippen LogP contribution in [0.15, 0.2) is 77.3 Å². The van der Waals surface area contributed by atoms with E-state index in [4.69, 9.17) is 4.98 Å². The number of carbonyl (C=O) groups is 1. The van der Waals surface area contributed by atoms with Crippen LogP contribution >= 0.6 is 15.9 Å². The summed E-state index contributed by atoms with van der Waals surface area (Å²) in [7, 11) is 2.05. The van der Waals surface area contributed by atoms with Crippen LogP contribution in [0.25, 0.3) is 11.0 Å². The molecule has 0 radical (unpaired) electrons. The van der Waals surface area contributed by atoms with E-state index in [2.05, 4.69) is 50.3 Å². The molecule has 0 bridgehead atoms. The fourth-order valence-corrected chi connectivity index (χ4v) is 3.71. The zero-order valence-electron chi connectivity index (χ0n) is 16.0. The Morgan fingerprint density at radius 2 is 1.76 bits per heavy atom. The van der Waals surface area contributed by atoms with Crippen molar-refractivity contribution in [2.45, 2.75) is 12.8 Å². The molecule has 0 atom stereocenters. The van der Waals surface area contributed by atoms with Crippen molar-refractivity contribution in [3.8, 4) is 0 Å². The van der Waals surface area contributed by atoms with Gasteiger partial charge < -0.3 is 15.2 Å². The van der Waals surface area contributed by atoms with E-state index in [0.717, 1.165) is 51.1 Å². The lowest BCUT2D eigenvalue weighted by atomic mass is 10.1. The minimum absolute atomic E-state index is 0.274. The quantitative estimate of drug-likeness (QED) is 0.407. The van der Waals surface area contributed by atoms with Crippen molar-refractivity contribution in [3.63, 3.8) is 0 Å². The van der Waals surface area contributed by atoms with Crippen molar-refractivity contribution in [1.29, 1.82) is 0 Å². The van der Waals surface area contributed by atoms with Crippen LogP contribution in [0.2, 0.25) is 0 Å². The van der Waals surface area contributed by atoms with Crippen LogP contribution in [0, 0.1) is 0 Å². The SMILES string of the molecule is Cn1c(CCc2cccc(NC(=O)Nc3ccccc3Br)c2)nc2ccccc21. The third kappa shape index (κ3) is 4.49. The van der Waals surface area contributed by atoms with Crippen LogP contribution in [0.1, 0.15) is 11.4 Å². The van der Waals surface area contributed by atoms with Crippen molar-refractivity contribution in [2.24, 2.45) is 7.05 Å². The van der Waals surface area contributed by atoms with Crippen LogP contribution < -0.4 is 10.6 Å². The van der Waals surface area contributed by atoms with Gasteiger partial charge in [-0.2, -0.15) is 0 Å². The fourth-order valence-electron chi connectivity index (χ4n) is 3.33. The highest BCUT2D eigenvalue weighted by molar-refractivity contribution is 9.10. The Bertz CT molecular complexity index is 1170. The first-order chi connectivity index (χ1) is 14.1. The van der Waals surface area contributed by atoms with Gasteiger partial charge in [-0.3, -0.25) is 0 Å². The third-order valence-corrected chi connectivity index (χ3v) is 5.52. The third-order valence-electron chi connectivity index (χ3n) is 4.82. The molecule has 0 aliphatic rings. The Hall–Kier alpha value is -3.12. The van der Waals surface area contributed by atoms with Gasteiger partial charge in [-0.15, -0.1) is 0 Å². The Labute approximate surface area is 177 Å². The lowest BCUT2D eigenvalue weighted by Crippen LogP contribution is -2.19. The number of nitrogens with one attached hydrogen (secondary N) is 2. The minimum atomic E-state index is -0.274. The molecule has 5 nitrogen and oxygen atoms in total. The van der Waals surface area contributed by atoms with Gasteiger partial charge in [0.2, 0.25) is 0 Å². The molecule has 0 unspecified atom stereocenters. The van der Waals surface area contributed by atoms with Crippen molar-refractivity contribution < 1.29 is 4.79 Å². The second-order valence-electron chi connectivity index (χ2n) is 6.84. The largest absolute Gasteiger partial charge is 0.331 e. The zero-order chi connectivity index (χ0) is 20.2. The molecule has 2 N–H and O–H groups in total. The first kappa shape index (κ1) is 19.2. The highest BCUT2D eigenvalue weighted by Crippen LogP contribution is 2.22. The predicted molar refractivity (Wildman–Crippen MR) is 121 cm³/mol. The maximum atomic E-state index is 12.3. The van der Waals surface area contributed by atoms with Gasteiger partial charge in [0.1, 0.15) is 5.82 Å². The minimum Gasteiger partial charge on any atom is -0.331 e. The lowest BCUT2D eigenvalue weighted by Gasteiger charge is -2.10. The number of aryl methyl sites for hydroxylation is 3. The van der Waals surface area contributed by atoms with Gasteiger partial charge >= 0.3 is 6.03 Å². The van der Waals surface area contributed by atoms with Crippen molar-refractivity contribution in [3.05, 3.63) is 88.7 Å². The number of rotatable bonds is 5. The van der Waals surface area contributed by atoms with E-state index in [0.29, 0.717) is 0 Å². The van der Waals surface area contributed by atoms with E-state index in [9.17, 15) is 4.79 Å². The van der Waals surface area contributed by atoms with Crippen molar-refractivity contribution >= 4 is 44.4 Å². The fraction of sp³-hybridized carbons (Fsp3) is 0.130. The molecule has 0 aliphatic heterocycles. The van der Waals surface area contributed by atoms with Gasteiger partial charge in [0, 0.05) is 23.6 Å². The number of halogens is 1. The first-order valence-corrected chi connectivity index (χ1v) is 10.2. The Morgan fingerprint density at radius 3 is 2.59 bits per heavy atom. The molecular formula is C23H21BrN4O. The summed E-state index contributed by atoms with van der Waals surface area (Å²) in [4.78, 5) is 17.0. The second kappa shape index (κ2) is 8.49. The standard InChI is InChI=1S/C23H21BrN4O/c1-28-21-12-5-4-11-20(21)26-22(28)14-13-16-7-6-8-17(15-16)25-23(29)27-19-10-3-2-9-18(19)24/h2-12,15H,13-14H2,1H3,(H2,25,27,29). The van der Waals surface area contributed by atoms with Crippen LogP contribution in [0.3, 0.4) is 0 Å². The van der Waals surface area contributed by atoms with Gasteiger partial charge in [0.15, 0.2) is 0 Å². The summed E-state index contributed by atoms with van der Waals surface area (Å²) in [5.41, 5.74) is 4.79. The molecule has 0 spiro atoms. The van der Waals surface area contributed by atoms with Crippen molar-refractivity contribution in [2.75, 3.05) is 10.6 Å². The van der Waals surface area contributed by atoms with E-state index < -0.39 is 0 Å². The summed E-state index contributed by atoms with van der Waals surface area (Å²) >= 11 is 3.43. The van der Waals surface area contributed by atoms with E-state index in [-0.39, 0.29) is 6.03 Å². The molecule has 1 aromatic heterocycles. The monoisotopic (exact) mass is 448 g/mol. The van der Waals surface area contributed by atoms with Crippen LogP contribution in [-0.2, 0) is 19.9 Å². The van der Waals surface area contributed by atoms with Gasteiger partial charge in [-0.05, 0) is 64.3 Å². The van der Waals surface area contributed by atoms with E-state index in [1.54, 1.807) is 0 Å². The summed E-state index contributed by atoms with van der Waals surface area (Å²) in [5.74, 6) is 1.05. The molecule has 4 aromatic rings. The van der Waals surface area contributed by atoms with E-state index in [1.807, 2.05) is 60.7 Å². The molecule has 0 saturated carbocycles. The molecule has 29 heavy (non-hydrogen) atoms. The average Bonchev–Trinajstić information content (AvgIpc) is 3.04. The molecule has 0 saturated heterocycles. The van der Waals surface area contributed by atoms with Gasteiger partial charge in [-0.1, -0.05) is 36.4 Å². The summed E-state index contributed by atoms with van der Waals surface area (Å²) in [6, 6.07) is 23.3. The second-order valence-corrected chi connectivity index (χ2v) is 7.69. The number of urea groups is 1. The molecular weight excluding hydrogens is 428 g/mol. The molecule has 2 amide bonds. The number of aromatic nitrogens is 2. The van der Waals surface area contributed by atoms with Crippen LogP contribution in [0.4, 0.5) is 16.2 Å². The van der Waals surface area contributed by atoms with E-state index >= 15 is 0 Å². The number of carbonyl (C=O) groups excluding carboxylic acids is 1. The average molecular weight is 449 g/mol. The summed E-state index contributed by atoms with van der Waals surface area (Å²) in [6.45, 7) is 0. The van der Waals surface area contributed by atoms with Gasteiger partial charge in [-0.25, -0.2) is 9.78 Å².